The first-order valence-electron chi connectivity index (χ1n) is 6.61. The molecule has 0 bridgehead atoms. The Bertz CT molecular complexity index is 944. The molecule has 7 nitrogen and oxygen atoms in total. The van der Waals surface area contributed by atoms with Crippen LogP contribution in [0.1, 0.15) is 10.4 Å². The molecule has 3 rings (SSSR count). The molecule has 0 unspecified atom stereocenters. The Morgan fingerprint density at radius 3 is 2.39 bits per heavy atom. The van der Waals surface area contributed by atoms with Crippen molar-refractivity contribution in [2.24, 2.45) is 5.84 Å². The second-order valence-electron chi connectivity index (χ2n) is 4.87. The third kappa shape index (κ3) is 2.65. The van der Waals surface area contributed by atoms with Gasteiger partial charge in [0.25, 0.3) is 15.9 Å². The number of carbonyl (C=O) groups excluding carboxylic acids is 1. The molecule has 0 aliphatic carbocycles. The van der Waals surface area contributed by atoms with Crippen LogP contribution in [0.5, 0.6) is 5.75 Å². The molecule has 3 aromatic rings. The summed E-state index contributed by atoms with van der Waals surface area (Å²) in [4.78, 5) is 14.9. The predicted molar refractivity (Wildman–Crippen MR) is 83.9 cm³/mol. The molecule has 4 N–H and O–H groups in total. The van der Waals surface area contributed by atoms with Gasteiger partial charge in [-0.15, -0.1) is 0 Å². The van der Waals surface area contributed by atoms with Crippen LogP contribution >= 0.6 is 0 Å². The Morgan fingerprint density at radius 2 is 1.74 bits per heavy atom. The molecule has 1 heterocycles. The molecule has 23 heavy (non-hydrogen) atoms. The molecule has 8 heteroatoms. The number of aromatic hydroxyl groups is 1. The molecular formula is C15H13N3O4S. The number of hydrazine groups is 1. The number of H-pyrrole nitrogens is 1. The number of aromatic nitrogens is 1. The summed E-state index contributed by atoms with van der Waals surface area (Å²) in [5.74, 6) is 4.59. The molecule has 1 amide bonds. The van der Waals surface area contributed by atoms with Crippen molar-refractivity contribution in [3.8, 4) is 5.75 Å². The molecule has 0 atom stereocenters. The van der Waals surface area contributed by atoms with Gasteiger partial charge in [-0.2, -0.15) is 12.8 Å². The Morgan fingerprint density at radius 1 is 1.09 bits per heavy atom. The number of phenolic OH excluding ortho intramolecular Hbond substituents is 1. The van der Waals surface area contributed by atoms with Gasteiger partial charge < -0.3 is 10.1 Å². The fourth-order valence-corrected chi connectivity index (χ4v) is 3.18. The molecular weight excluding hydrogens is 318 g/mol. The van der Waals surface area contributed by atoms with Crippen LogP contribution in [0.3, 0.4) is 0 Å². The van der Waals surface area contributed by atoms with Gasteiger partial charge >= 0.3 is 0 Å². The van der Waals surface area contributed by atoms with E-state index >= 15 is 0 Å². The molecule has 0 radical (unpaired) electrons. The first-order valence-corrected chi connectivity index (χ1v) is 8.05. The van der Waals surface area contributed by atoms with E-state index in [1.807, 2.05) is 0 Å². The van der Waals surface area contributed by atoms with Gasteiger partial charge in [-0.1, -0.05) is 18.2 Å². The maximum atomic E-state index is 12.5. The average molecular weight is 331 g/mol. The van der Waals surface area contributed by atoms with Crippen molar-refractivity contribution in [3.05, 3.63) is 60.2 Å². The van der Waals surface area contributed by atoms with Gasteiger partial charge in [-0.3, -0.25) is 4.79 Å². The van der Waals surface area contributed by atoms with Gasteiger partial charge in [-0.05, 0) is 36.4 Å². The second-order valence-corrected chi connectivity index (χ2v) is 6.66. The zero-order chi connectivity index (χ0) is 16.6. The maximum absolute atomic E-state index is 12.5. The summed E-state index contributed by atoms with van der Waals surface area (Å²) < 4.78 is 25.2. The zero-order valence-corrected chi connectivity index (χ0v) is 12.6. The number of sulfonamides is 1. The minimum absolute atomic E-state index is 0.0383. The third-order valence-corrected chi connectivity index (χ3v) is 4.82. The third-order valence-electron chi connectivity index (χ3n) is 3.36. The molecule has 1 aromatic heterocycles. The number of amides is 1. The van der Waals surface area contributed by atoms with Gasteiger partial charge in [0, 0.05) is 16.5 Å². The quantitative estimate of drug-likeness (QED) is 0.383. The van der Waals surface area contributed by atoms with Crippen LogP contribution < -0.4 is 5.84 Å². The SMILES string of the molecule is NN(C(=O)c1ccc(O)cc1)S(=O)(=O)c1cc2ccccc2[nH]1. The zero-order valence-electron chi connectivity index (χ0n) is 11.8. The number of phenols is 1. The number of nitrogens with two attached hydrogens (primary N) is 1. The van der Waals surface area contributed by atoms with Crippen molar-refractivity contribution in [2.75, 3.05) is 0 Å². The van der Waals surface area contributed by atoms with Crippen LogP contribution in [0.4, 0.5) is 0 Å². The van der Waals surface area contributed by atoms with E-state index in [2.05, 4.69) is 4.98 Å². The smallest absolute Gasteiger partial charge is 0.295 e. The number of rotatable bonds is 3. The maximum Gasteiger partial charge on any atom is 0.295 e. The minimum atomic E-state index is -4.21. The van der Waals surface area contributed by atoms with Crippen LogP contribution in [0.25, 0.3) is 10.9 Å². The molecule has 0 aliphatic heterocycles. The van der Waals surface area contributed by atoms with Crippen LogP contribution in [-0.2, 0) is 10.0 Å². The highest BCUT2D eigenvalue weighted by Crippen LogP contribution is 2.21. The van der Waals surface area contributed by atoms with Gasteiger partial charge in [0.15, 0.2) is 5.03 Å². The molecule has 0 spiro atoms. The summed E-state index contributed by atoms with van der Waals surface area (Å²) in [6, 6.07) is 13.5. The Hall–Kier alpha value is -2.84. The average Bonchev–Trinajstić information content (AvgIpc) is 2.99. The van der Waals surface area contributed by atoms with E-state index in [1.165, 1.54) is 30.3 Å². The number of nitrogens with one attached hydrogen (secondary N) is 1. The largest absolute Gasteiger partial charge is 0.508 e. The lowest BCUT2D eigenvalue weighted by Gasteiger charge is -2.15. The number of fused-ring (bicyclic) bond motifs is 1. The fraction of sp³-hybridized carbons (Fsp3) is 0. The summed E-state index contributed by atoms with van der Waals surface area (Å²) >= 11 is 0. The lowest BCUT2D eigenvalue weighted by Crippen LogP contribution is -2.42. The van der Waals surface area contributed by atoms with Crippen molar-refractivity contribution in [2.45, 2.75) is 5.03 Å². The number of benzene rings is 2. The first-order chi connectivity index (χ1) is 10.9. The fourth-order valence-electron chi connectivity index (χ4n) is 2.13. The first kappa shape index (κ1) is 15.1. The molecule has 0 saturated heterocycles. The van der Waals surface area contributed by atoms with E-state index < -0.39 is 15.9 Å². The van der Waals surface area contributed by atoms with E-state index in [9.17, 15) is 18.3 Å². The van der Waals surface area contributed by atoms with E-state index in [0.29, 0.717) is 10.9 Å². The van der Waals surface area contributed by atoms with Gasteiger partial charge in [0.2, 0.25) is 0 Å². The Kier molecular flexibility index (Phi) is 3.55. The molecule has 0 fully saturated rings. The highest BCUT2D eigenvalue weighted by Gasteiger charge is 2.29. The number of carbonyl (C=O) groups is 1. The monoisotopic (exact) mass is 331 g/mol. The van der Waals surface area contributed by atoms with Crippen molar-refractivity contribution in [1.82, 2.24) is 9.40 Å². The molecule has 2 aromatic carbocycles. The standard InChI is InChI=1S/C15H13N3O4S/c16-18(15(20)10-5-7-12(19)8-6-10)23(21,22)14-9-11-3-1-2-4-13(11)17-14/h1-9,17,19H,16H2. The van der Waals surface area contributed by atoms with Crippen molar-refractivity contribution in [3.63, 3.8) is 0 Å². The summed E-state index contributed by atoms with van der Waals surface area (Å²) in [7, 11) is -4.21. The summed E-state index contributed by atoms with van der Waals surface area (Å²) in [6.45, 7) is 0. The van der Waals surface area contributed by atoms with Crippen LogP contribution in [0, 0.1) is 0 Å². The Labute approximate surface area is 132 Å². The van der Waals surface area contributed by atoms with Crippen LogP contribution in [0.15, 0.2) is 59.6 Å². The van der Waals surface area contributed by atoms with Crippen LogP contribution in [-0.4, -0.2) is 28.8 Å². The van der Waals surface area contributed by atoms with E-state index in [1.54, 1.807) is 24.3 Å². The van der Waals surface area contributed by atoms with Crippen molar-refractivity contribution < 1.29 is 18.3 Å². The summed E-state index contributed by atoms with van der Waals surface area (Å²) in [5, 5.41) is 9.73. The molecule has 0 saturated carbocycles. The minimum Gasteiger partial charge on any atom is -0.508 e. The van der Waals surface area contributed by atoms with Gasteiger partial charge in [-0.25, -0.2) is 5.84 Å². The van der Waals surface area contributed by atoms with E-state index in [-0.39, 0.29) is 20.8 Å². The predicted octanol–water partition coefficient (Wildman–Crippen LogP) is 1.58. The van der Waals surface area contributed by atoms with Crippen molar-refractivity contribution >= 4 is 26.8 Å². The molecule has 0 aliphatic rings. The number of aromatic amines is 1. The highest BCUT2D eigenvalue weighted by atomic mass is 32.2. The number of hydrogen-bond donors (Lipinski definition) is 3. The number of para-hydroxylation sites is 1. The lowest BCUT2D eigenvalue weighted by atomic mass is 10.2. The number of hydrogen-bond acceptors (Lipinski definition) is 5. The summed E-state index contributed by atoms with van der Waals surface area (Å²) in [5.41, 5.74) is 0.668. The van der Waals surface area contributed by atoms with Crippen molar-refractivity contribution in [1.29, 1.82) is 0 Å². The topological polar surface area (TPSA) is 116 Å². The molecule has 118 valence electrons. The Balaban J connectivity index is 1.97. The van der Waals surface area contributed by atoms with Crippen LogP contribution in [0.2, 0.25) is 0 Å². The van der Waals surface area contributed by atoms with Gasteiger partial charge in [0.05, 0.1) is 0 Å². The second kappa shape index (κ2) is 5.41. The summed E-state index contributed by atoms with van der Waals surface area (Å²) in [6.07, 6.45) is 0. The van der Waals surface area contributed by atoms with Gasteiger partial charge in [0.1, 0.15) is 5.75 Å². The highest BCUT2D eigenvalue weighted by molar-refractivity contribution is 7.89. The lowest BCUT2D eigenvalue weighted by molar-refractivity contribution is 0.0861. The number of nitrogens with zero attached hydrogens (tertiary/aromatic N) is 1. The van der Waals surface area contributed by atoms with E-state index in [4.69, 9.17) is 5.84 Å². The normalized spacial score (nSPS) is 11.5. The van der Waals surface area contributed by atoms with E-state index in [0.717, 1.165) is 0 Å².